The van der Waals surface area contributed by atoms with Gasteiger partial charge >= 0.3 is 6.09 Å². The Hall–Kier alpha value is -2.89. The van der Waals surface area contributed by atoms with Crippen LogP contribution in [0, 0.1) is 5.92 Å². The Bertz CT molecular complexity index is 860. The molecule has 1 aromatic carbocycles. The monoisotopic (exact) mass is 382 g/mol. The molecule has 0 saturated carbocycles. The van der Waals surface area contributed by atoms with E-state index >= 15 is 0 Å². The lowest BCUT2D eigenvalue weighted by atomic mass is 10.1. The fourth-order valence-corrected chi connectivity index (χ4v) is 3.13. The molecule has 0 bridgehead atoms. The zero-order chi connectivity index (χ0) is 20.3. The molecule has 0 N–H and O–H groups in total. The molecule has 1 aliphatic heterocycles. The summed E-state index contributed by atoms with van der Waals surface area (Å²) in [6, 6.07) is 12.8. The second-order valence-corrected chi connectivity index (χ2v) is 8.12. The van der Waals surface area contributed by atoms with Crippen molar-refractivity contribution < 1.29 is 19.1 Å². The summed E-state index contributed by atoms with van der Waals surface area (Å²) in [6.45, 7) is 8.66. The number of hydrogen-bond donors (Lipinski definition) is 0. The fraction of sp³-hybridized carbons (Fsp3) is 0.409. The third-order valence-electron chi connectivity index (χ3n) is 4.51. The number of ether oxygens (including phenoxy) is 2. The van der Waals surface area contributed by atoms with Gasteiger partial charge in [0.2, 0.25) is 5.88 Å². The van der Waals surface area contributed by atoms with Crippen LogP contribution in [0.25, 0.3) is 11.3 Å². The van der Waals surface area contributed by atoms with Gasteiger partial charge in [-0.3, -0.25) is 4.79 Å². The lowest BCUT2D eigenvalue weighted by molar-refractivity contribution is 0.0274. The van der Waals surface area contributed by atoms with Gasteiger partial charge in [0, 0.05) is 29.7 Å². The highest BCUT2D eigenvalue weighted by molar-refractivity contribution is 5.78. The second kappa shape index (κ2) is 8.00. The van der Waals surface area contributed by atoms with E-state index in [1.54, 1.807) is 23.1 Å². The zero-order valence-electron chi connectivity index (χ0n) is 16.7. The molecule has 2 atom stereocenters. The quantitative estimate of drug-likeness (QED) is 0.742. The van der Waals surface area contributed by atoms with Gasteiger partial charge in [-0.15, -0.1) is 0 Å². The van der Waals surface area contributed by atoms with E-state index in [9.17, 15) is 9.59 Å². The van der Waals surface area contributed by atoms with Crippen LogP contribution < -0.4 is 4.74 Å². The first-order valence-corrected chi connectivity index (χ1v) is 9.42. The number of hydrogen-bond acceptors (Lipinski definition) is 5. The summed E-state index contributed by atoms with van der Waals surface area (Å²) in [6.07, 6.45) is 0.337. The summed E-state index contributed by atoms with van der Waals surface area (Å²) in [5.41, 5.74) is 1.66. The molecule has 28 heavy (non-hydrogen) atoms. The lowest BCUT2D eigenvalue weighted by Gasteiger charge is -2.24. The van der Waals surface area contributed by atoms with Crippen molar-refractivity contribution in [1.82, 2.24) is 9.88 Å². The Morgan fingerprint density at radius 3 is 2.64 bits per heavy atom. The number of nitrogens with zero attached hydrogens (tertiary/aromatic N) is 2. The average molecular weight is 382 g/mol. The second-order valence-electron chi connectivity index (χ2n) is 8.12. The molecule has 0 spiro atoms. The highest BCUT2D eigenvalue weighted by Gasteiger charge is 2.36. The van der Waals surface area contributed by atoms with Crippen molar-refractivity contribution in [1.29, 1.82) is 0 Å². The van der Waals surface area contributed by atoms with Gasteiger partial charge in [0.05, 0.1) is 12.2 Å². The molecular weight excluding hydrogens is 356 g/mol. The van der Waals surface area contributed by atoms with Crippen molar-refractivity contribution in [3.05, 3.63) is 48.0 Å². The van der Waals surface area contributed by atoms with Gasteiger partial charge < -0.3 is 14.4 Å². The van der Waals surface area contributed by atoms with E-state index in [0.717, 1.165) is 17.5 Å². The van der Waals surface area contributed by atoms with E-state index in [2.05, 4.69) is 4.98 Å². The minimum atomic E-state index is -0.523. The van der Waals surface area contributed by atoms with Crippen LogP contribution in [-0.4, -0.2) is 47.1 Å². The molecule has 0 radical (unpaired) electrons. The molecule has 0 unspecified atom stereocenters. The summed E-state index contributed by atoms with van der Waals surface area (Å²) in [5.74, 6) is 0.660. The van der Waals surface area contributed by atoms with E-state index < -0.39 is 5.60 Å². The number of amides is 1. The SMILES string of the molecule is C[C@@H]1CN(C(=O)OC(C)(C)C)C[C@H]1Oc1cccc(-c2cccc(C=O)c2)n1. The highest BCUT2D eigenvalue weighted by atomic mass is 16.6. The normalized spacial score (nSPS) is 19.4. The Balaban J connectivity index is 1.70. The van der Waals surface area contributed by atoms with Gasteiger partial charge in [-0.1, -0.05) is 31.2 Å². The number of carbonyl (C=O) groups is 2. The topological polar surface area (TPSA) is 68.7 Å². The molecule has 1 amide bonds. The van der Waals surface area contributed by atoms with Crippen LogP contribution in [-0.2, 0) is 4.74 Å². The Morgan fingerprint density at radius 2 is 1.93 bits per heavy atom. The summed E-state index contributed by atoms with van der Waals surface area (Å²) < 4.78 is 11.5. The molecule has 1 fully saturated rings. The maximum absolute atomic E-state index is 12.3. The van der Waals surface area contributed by atoms with E-state index in [0.29, 0.717) is 24.5 Å². The third kappa shape index (κ3) is 4.88. The first-order valence-electron chi connectivity index (χ1n) is 9.42. The molecule has 6 nitrogen and oxygen atoms in total. The molecule has 1 aliphatic rings. The molecule has 1 aromatic heterocycles. The number of pyridine rings is 1. The van der Waals surface area contributed by atoms with Crippen molar-refractivity contribution in [2.75, 3.05) is 13.1 Å². The van der Waals surface area contributed by atoms with Crippen molar-refractivity contribution in [3.8, 4) is 17.1 Å². The molecule has 2 aromatic rings. The number of aromatic nitrogens is 1. The van der Waals surface area contributed by atoms with Crippen LogP contribution in [0.2, 0.25) is 0 Å². The summed E-state index contributed by atoms with van der Waals surface area (Å²) in [7, 11) is 0. The van der Waals surface area contributed by atoms with Crippen molar-refractivity contribution in [3.63, 3.8) is 0 Å². The van der Waals surface area contributed by atoms with Crippen LogP contribution in [0.4, 0.5) is 4.79 Å². The van der Waals surface area contributed by atoms with Crippen molar-refractivity contribution in [2.45, 2.75) is 39.4 Å². The molecule has 3 rings (SSSR count). The van der Waals surface area contributed by atoms with Crippen LogP contribution in [0.3, 0.4) is 0 Å². The summed E-state index contributed by atoms with van der Waals surface area (Å²) in [4.78, 5) is 29.6. The maximum atomic E-state index is 12.3. The van der Waals surface area contributed by atoms with Crippen LogP contribution in [0.5, 0.6) is 5.88 Å². The standard InChI is InChI=1S/C22H26N2O4/c1-15-12-24(21(26)28-22(2,3)4)13-19(15)27-20-10-6-9-18(23-20)17-8-5-7-16(11-17)14-25/h5-11,14-15,19H,12-13H2,1-4H3/t15-,19-/m1/s1. The van der Waals surface area contributed by atoms with Crippen molar-refractivity contribution >= 4 is 12.4 Å². The van der Waals surface area contributed by atoms with Crippen LogP contribution in [0.15, 0.2) is 42.5 Å². The number of benzene rings is 1. The predicted octanol–water partition coefficient (Wildman–Crippen LogP) is 4.20. The fourth-order valence-electron chi connectivity index (χ4n) is 3.13. The first kappa shape index (κ1) is 19.9. The Labute approximate surface area is 165 Å². The number of likely N-dealkylation sites (tertiary alicyclic amines) is 1. The Kier molecular flexibility index (Phi) is 5.68. The number of rotatable bonds is 4. The predicted molar refractivity (Wildman–Crippen MR) is 106 cm³/mol. The van der Waals surface area contributed by atoms with Crippen molar-refractivity contribution in [2.24, 2.45) is 5.92 Å². The maximum Gasteiger partial charge on any atom is 0.410 e. The van der Waals surface area contributed by atoms with E-state index in [1.165, 1.54) is 0 Å². The van der Waals surface area contributed by atoms with Gasteiger partial charge in [-0.05, 0) is 32.9 Å². The Morgan fingerprint density at radius 1 is 1.18 bits per heavy atom. The summed E-state index contributed by atoms with van der Waals surface area (Å²) in [5, 5.41) is 0. The van der Waals surface area contributed by atoms with E-state index in [-0.39, 0.29) is 18.1 Å². The molecule has 2 heterocycles. The minimum absolute atomic E-state index is 0.156. The summed E-state index contributed by atoms with van der Waals surface area (Å²) >= 11 is 0. The van der Waals surface area contributed by atoms with Gasteiger partial charge in [-0.25, -0.2) is 9.78 Å². The van der Waals surface area contributed by atoms with Crippen LogP contribution >= 0.6 is 0 Å². The minimum Gasteiger partial charge on any atom is -0.472 e. The van der Waals surface area contributed by atoms with Gasteiger partial charge in [0.25, 0.3) is 0 Å². The largest absolute Gasteiger partial charge is 0.472 e. The van der Waals surface area contributed by atoms with Gasteiger partial charge in [0.15, 0.2) is 0 Å². The smallest absolute Gasteiger partial charge is 0.410 e. The first-order chi connectivity index (χ1) is 13.2. The molecule has 148 valence electrons. The van der Waals surface area contributed by atoms with Gasteiger partial charge in [-0.2, -0.15) is 0 Å². The highest BCUT2D eigenvalue weighted by Crippen LogP contribution is 2.26. The molecular formula is C22H26N2O4. The molecule has 0 aliphatic carbocycles. The molecule has 6 heteroatoms. The number of carbonyl (C=O) groups excluding carboxylic acids is 2. The third-order valence-corrected chi connectivity index (χ3v) is 4.51. The lowest BCUT2D eigenvalue weighted by Crippen LogP contribution is -2.36. The van der Waals surface area contributed by atoms with E-state index in [1.807, 2.05) is 52.0 Å². The molecule has 1 saturated heterocycles. The van der Waals surface area contributed by atoms with E-state index in [4.69, 9.17) is 9.47 Å². The van der Waals surface area contributed by atoms with Crippen LogP contribution in [0.1, 0.15) is 38.1 Å². The zero-order valence-corrected chi connectivity index (χ0v) is 16.7. The average Bonchev–Trinajstić information content (AvgIpc) is 3.01. The van der Waals surface area contributed by atoms with Gasteiger partial charge in [0.1, 0.15) is 18.0 Å². The number of aldehydes is 1.